The summed E-state index contributed by atoms with van der Waals surface area (Å²) in [5.74, 6) is 0.303. The van der Waals surface area contributed by atoms with E-state index in [1.165, 1.54) is 16.4 Å². The molecule has 1 aliphatic rings. The summed E-state index contributed by atoms with van der Waals surface area (Å²) in [4.78, 5) is 0.243. The molecule has 2 aromatic carbocycles. The predicted octanol–water partition coefficient (Wildman–Crippen LogP) is 2.79. The third-order valence-corrected chi connectivity index (χ3v) is 6.71. The Balaban J connectivity index is 1.32. The van der Waals surface area contributed by atoms with Crippen molar-refractivity contribution in [2.45, 2.75) is 11.4 Å². The van der Waals surface area contributed by atoms with Gasteiger partial charge < -0.3 is 9.47 Å². The first-order valence-electron chi connectivity index (χ1n) is 9.62. The highest BCUT2D eigenvalue weighted by Gasteiger charge is 2.26. The Morgan fingerprint density at radius 3 is 2.40 bits per heavy atom. The average Bonchev–Trinajstić information content (AvgIpc) is 3.24. The van der Waals surface area contributed by atoms with Gasteiger partial charge in [-0.2, -0.15) is 9.40 Å². The maximum Gasteiger partial charge on any atom is 0.243 e. The van der Waals surface area contributed by atoms with Crippen molar-refractivity contribution in [3.05, 3.63) is 66.6 Å². The molecule has 4 rings (SSSR count). The zero-order valence-electron chi connectivity index (χ0n) is 16.3. The standard InChI is InChI=1S/C21H22FN3O4S/c22-18-3-1-17(2-4-18)21-9-10-24(23-21)11-16-29-19-5-7-20(8-6-19)30(26,27)25-12-14-28-15-13-25/h1-10H,11-16H2. The first-order valence-corrected chi connectivity index (χ1v) is 11.1. The minimum Gasteiger partial charge on any atom is -0.492 e. The third kappa shape index (κ3) is 4.69. The van der Waals surface area contributed by atoms with Crippen LogP contribution < -0.4 is 4.74 Å². The summed E-state index contributed by atoms with van der Waals surface area (Å²) < 4.78 is 52.4. The summed E-state index contributed by atoms with van der Waals surface area (Å²) in [6, 6.07) is 14.5. The summed E-state index contributed by atoms with van der Waals surface area (Å²) in [6.45, 7) is 2.46. The Labute approximate surface area is 174 Å². The summed E-state index contributed by atoms with van der Waals surface area (Å²) in [6.07, 6.45) is 1.83. The van der Waals surface area contributed by atoms with Gasteiger partial charge in [0.2, 0.25) is 10.0 Å². The largest absolute Gasteiger partial charge is 0.492 e. The van der Waals surface area contributed by atoms with E-state index >= 15 is 0 Å². The van der Waals surface area contributed by atoms with E-state index in [-0.39, 0.29) is 10.7 Å². The van der Waals surface area contributed by atoms with Crippen LogP contribution >= 0.6 is 0 Å². The van der Waals surface area contributed by atoms with E-state index in [0.29, 0.717) is 45.2 Å². The molecule has 3 aromatic rings. The summed E-state index contributed by atoms with van der Waals surface area (Å²) in [7, 11) is -3.51. The second-order valence-corrected chi connectivity index (χ2v) is 8.75. The minimum atomic E-state index is -3.51. The molecule has 2 heterocycles. The van der Waals surface area contributed by atoms with Crippen LogP contribution in [-0.4, -0.2) is 55.4 Å². The van der Waals surface area contributed by atoms with Gasteiger partial charge in [0.25, 0.3) is 0 Å². The van der Waals surface area contributed by atoms with Crippen LogP contribution in [0.2, 0.25) is 0 Å². The smallest absolute Gasteiger partial charge is 0.243 e. The van der Waals surface area contributed by atoms with Gasteiger partial charge in [-0.15, -0.1) is 0 Å². The van der Waals surface area contributed by atoms with Gasteiger partial charge in [-0.3, -0.25) is 4.68 Å². The number of hydrogen-bond acceptors (Lipinski definition) is 5. The molecule has 0 atom stereocenters. The van der Waals surface area contributed by atoms with Crippen molar-refractivity contribution in [2.24, 2.45) is 0 Å². The third-order valence-electron chi connectivity index (χ3n) is 4.80. The molecule has 0 aliphatic carbocycles. The molecule has 0 unspecified atom stereocenters. The molecule has 30 heavy (non-hydrogen) atoms. The molecule has 0 amide bonds. The highest BCUT2D eigenvalue weighted by Crippen LogP contribution is 2.21. The van der Waals surface area contributed by atoms with Crippen molar-refractivity contribution in [1.82, 2.24) is 14.1 Å². The van der Waals surface area contributed by atoms with E-state index in [4.69, 9.17) is 9.47 Å². The Morgan fingerprint density at radius 1 is 1.00 bits per heavy atom. The minimum absolute atomic E-state index is 0.243. The van der Waals surface area contributed by atoms with Crippen LogP contribution in [0.4, 0.5) is 4.39 Å². The zero-order chi connectivity index (χ0) is 21.0. The van der Waals surface area contributed by atoms with Gasteiger partial charge in [0.1, 0.15) is 18.2 Å². The number of ether oxygens (including phenoxy) is 2. The molecular weight excluding hydrogens is 409 g/mol. The number of halogens is 1. The molecule has 158 valence electrons. The first-order chi connectivity index (χ1) is 14.5. The maximum absolute atomic E-state index is 13.0. The van der Waals surface area contributed by atoms with E-state index in [0.717, 1.165) is 11.3 Å². The van der Waals surface area contributed by atoms with Gasteiger partial charge in [-0.05, 0) is 54.6 Å². The quantitative estimate of drug-likeness (QED) is 0.575. The SMILES string of the molecule is O=S(=O)(c1ccc(OCCn2ccc(-c3ccc(F)cc3)n2)cc1)N1CCOCC1. The molecule has 0 bridgehead atoms. The molecule has 0 spiro atoms. The van der Waals surface area contributed by atoms with Crippen molar-refractivity contribution < 1.29 is 22.3 Å². The monoisotopic (exact) mass is 431 g/mol. The first kappa shape index (κ1) is 20.5. The van der Waals surface area contributed by atoms with Crippen molar-refractivity contribution in [2.75, 3.05) is 32.9 Å². The number of sulfonamides is 1. The number of nitrogens with zero attached hydrogens (tertiary/aromatic N) is 3. The van der Waals surface area contributed by atoms with E-state index in [1.807, 2.05) is 12.3 Å². The lowest BCUT2D eigenvalue weighted by molar-refractivity contribution is 0.0730. The number of hydrogen-bond donors (Lipinski definition) is 0. The lowest BCUT2D eigenvalue weighted by atomic mass is 10.1. The van der Waals surface area contributed by atoms with Gasteiger partial charge in [0, 0.05) is 24.8 Å². The second kappa shape index (κ2) is 8.95. The number of rotatable bonds is 7. The van der Waals surface area contributed by atoms with Gasteiger partial charge >= 0.3 is 0 Å². The van der Waals surface area contributed by atoms with Crippen LogP contribution in [0.25, 0.3) is 11.3 Å². The highest BCUT2D eigenvalue weighted by atomic mass is 32.2. The fourth-order valence-corrected chi connectivity index (χ4v) is 4.57. The Morgan fingerprint density at radius 2 is 1.70 bits per heavy atom. The molecular formula is C21H22FN3O4S. The topological polar surface area (TPSA) is 73.7 Å². The molecule has 7 nitrogen and oxygen atoms in total. The fourth-order valence-electron chi connectivity index (χ4n) is 3.16. The Kier molecular flexibility index (Phi) is 6.12. The molecule has 1 aromatic heterocycles. The van der Waals surface area contributed by atoms with Crippen LogP contribution in [0.5, 0.6) is 5.75 Å². The van der Waals surface area contributed by atoms with Crippen LogP contribution in [0.3, 0.4) is 0 Å². The average molecular weight is 431 g/mol. The van der Waals surface area contributed by atoms with E-state index in [1.54, 1.807) is 41.1 Å². The van der Waals surface area contributed by atoms with Crippen molar-refractivity contribution in [1.29, 1.82) is 0 Å². The van der Waals surface area contributed by atoms with Crippen molar-refractivity contribution in [3.8, 4) is 17.0 Å². The Hall–Kier alpha value is -2.75. The maximum atomic E-state index is 13.0. The zero-order valence-corrected chi connectivity index (χ0v) is 17.1. The molecule has 0 saturated carbocycles. The summed E-state index contributed by atoms with van der Waals surface area (Å²) >= 11 is 0. The van der Waals surface area contributed by atoms with E-state index < -0.39 is 10.0 Å². The lowest BCUT2D eigenvalue weighted by Crippen LogP contribution is -2.40. The van der Waals surface area contributed by atoms with E-state index in [2.05, 4.69) is 5.10 Å². The molecule has 1 saturated heterocycles. The van der Waals surface area contributed by atoms with Crippen LogP contribution in [0.15, 0.2) is 65.7 Å². The molecule has 1 fully saturated rings. The Bertz CT molecular complexity index is 1080. The van der Waals surface area contributed by atoms with Crippen LogP contribution in [-0.2, 0) is 21.3 Å². The van der Waals surface area contributed by atoms with Crippen LogP contribution in [0.1, 0.15) is 0 Å². The van der Waals surface area contributed by atoms with Crippen molar-refractivity contribution in [3.63, 3.8) is 0 Å². The summed E-state index contributed by atoms with van der Waals surface area (Å²) in [5.41, 5.74) is 1.60. The molecule has 0 radical (unpaired) electrons. The van der Waals surface area contributed by atoms with Gasteiger partial charge in [-0.1, -0.05) is 0 Å². The van der Waals surface area contributed by atoms with Crippen LogP contribution in [0, 0.1) is 5.82 Å². The van der Waals surface area contributed by atoms with Gasteiger partial charge in [0.15, 0.2) is 0 Å². The number of aromatic nitrogens is 2. The van der Waals surface area contributed by atoms with Gasteiger partial charge in [-0.25, -0.2) is 12.8 Å². The summed E-state index contributed by atoms with van der Waals surface area (Å²) in [5, 5.41) is 4.46. The molecule has 0 N–H and O–H groups in total. The van der Waals surface area contributed by atoms with E-state index in [9.17, 15) is 12.8 Å². The molecule has 1 aliphatic heterocycles. The van der Waals surface area contributed by atoms with Crippen molar-refractivity contribution >= 4 is 10.0 Å². The number of morpholine rings is 1. The number of benzene rings is 2. The van der Waals surface area contributed by atoms with Gasteiger partial charge in [0.05, 0.1) is 30.3 Å². The predicted molar refractivity (Wildman–Crippen MR) is 109 cm³/mol. The molecule has 9 heteroatoms. The normalized spacial score (nSPS) is 15.2. The lowest BCUT2D eigenvalue weighted by Gasteiger charge is -2.26. The second-order valence-electron chi connectivity index (χ2n) is 6.81. The fraction of sp³-hybridized carbons (Fsp3) is 0.286. The highest BCUT2D eigenvalue weighted by molar-refractivity contribution is 7.89.